The van der Waals surface area contributed by atoms with Crippen molar-refractivity contribution in [2.45, 2.75) is 19.4 Å². The number of rotatable bonds is 5. The van der Waals surface area contributed by atoms with Crippen LogP contribution in [0.5, 0.6) is 5.75 Å². The third-order valence-electron chi connectivity index (χ3n) is 4.34. The van der Waals surface area contributed by atoms with E-state index in [0.29, 0.717) is 12.1 Å². The molecule has 0 aliphatic heterocycles. The van der Waals surface area contributed by atoms with Gasteiger partial charge in [0.1, 0.15) is 11.4 Å². The monoisotopic (exact) mass is 354 g/mol. The van der Waals surface area contributed by atoms with Crippen molar-refractivity contribution in [2.24, 2.45) is 0 Å². The molecule has 0 aliphatic rings. The molecule has 0 saturated heterocycles. The molecule has 134 valence electrons. The Hall–Kier alpha value is -3.42. The second-order valence-electron chi connectivity index (χ2n) is 6.11. The number of anilines is 1. The number of likely N-dealkylation sites (N-methyl/N-ethyl adjacent to an activating group) is 1. The predicted molar refractivity (Wildman–Crippen MR) is 97.8 cm³/mol. The van der Waals surface area contributed by atoms with Crippen LogP contribution in [-0.4, -0.2) is 32.5 Å². The maximum atomic E-state index is 12.5. The number of aromatic nitrogens is 2. The summed E-state index contributed by atoms with van der Waals surface area (Å²) in [6.07, 6.45) is 2.03. The largest absolute Gasteiger partial charge is 0.508 e. The van der Waals surface area contributed by atoms with Crippen molar-refractivity contribution in [2.75, 3.05) is 11.9 Å². The van der Waals surface area contributed by atoms with Crippen LogP contribution in [0.25, 0.3) is 5.65 Å². The van der Waals surface area contributed by atoms with Crippen LogP contribution < -0.4 is 10.5 Å². The van der Waals surface area contributed by atoms with Crippen molar-refractivity contribution in [1.29, 1.82) is 0 Å². The average Bonchev–Trinajstić information content (AvgIpc) is 2.62. The standard InChI is InChI=1S/C18H18N4O4/c1-12(11-13-6-8-14(23)9-7-13)20(2)17-16(22(25)26)18(24)21-10-4-3-5-15(21)19-17/h3-10,12,23H,11H2,1-2H3/t12-/m0/s1. The normalized spacial score (nSPS) is 12.1. The summed E-state index contributed by atoms with van der Waals surface area (Å²) in [5.41, 5.74) is 0.0529. The molecule has 0 unspecified atom stereocenters. The second-order valence-corrected chi connectivity index (χ2v) is 6.11. The van der Waals surface area contributed by atoms with Crippen LogP contribution in [0.1, 0.15) is 12.5 Å². The molecule has 1 aromatic carbocycles. The highest BCUT2D eigenvalue weighted by Gasteiger charge is 2.28. The summed E-state index contributed by atoms with van der Waals surface area (Å²) in [4.78, 5) is 29.3. The van der Waals surface area contributed by atoms with Gasteiger partial charge < -0.3 is 10.0 Å². The molecule has 0 saturated carbocycles. The zero-order chi connectivity index (χ0) is 18.8. The first-order valence-corrected chi connectivity index (χ1v) is 8.05. The Morgan fingerprint density at radius 3 is 2.62 bits per heavy atom. The number of pyridine rings is 1. The quantitative estimate of drug-likeness (QED) is 0.558. The minimum Gasteiger partial charge on any atom is -0.508 e. The molecule has 0 radical (unpaired) electrons. The Morgan fingerprint density at radius 1 is 1.27 bits per heavy atom. The molecule has 2 aromatic heterocycles. The van der Waals surface area contributed by atoms with Crippen LogP contribution in [0.4, 0.5) is 11.5 Å². The van der Waals surface area contributed by atoms with Gasteiger partial charge in [0.2, 0.25) is 5.82 Å². The number of fused-ring (bicyclic) bond motifs is 1. The highest BCUT2D eigenvalue weighted by atomic mass is 16.6. The smallest absolute Gasteiger partial charge is 0.376 e. The zero-order valence-electron chi connectivity index (χ0n) is 14.4. The molecule has 1 N–H and O–H groups in total. The summed E-state index contributed by atoms with van der Waals surface area (Å²) < 4.78 is 1.17. The first-order chi connectivity index (χ1) is 12.4. The van der Waals surface area contributed by atoms with Gasteiger partial charge in [-0.1, -0.05) is 18.2 Å². The molecule has 26 heavy (non-hydrogen) atoms. The molecular formula is C18H18N4O4. The van der Waals surface area contributed by atoms with Gasteiger partial charge in [0, 0.05) is 19.3 Å². The summed E-state index contributed by atoms with van der Waals surface area (Å²) in [5, 5.41) is 20.9. The topological polar surface area (TPSA) is 101 Å². The van der Waals surface area contributed by atoms with Crippen LogP contribution in [-0.2, 0) is 6.42 Å². The predicted octanol–water partition coefficient (Wildman–Crippen LogP) is 2.38. The van der Waals surface area contributed by atoms with Crippen molar-refractivity contribution in [3.63, 3.8) is 0 Å². The minimum absolute atomic E-state index is 0.0393. The lowest BCUT2D eigenvalue weighted by Gasteiger charge is -2.25. The average molecular weight is 354 g/mol. The van der Waals surface area contributed by atoms with Crippen molar-refractivity contribution in [3.05, 3.63) is 74.7 Å². The molecule has 2 heterocycles. The van der Waals surface area contributed by atoms with Crippen LogP contribution in [0, 0.1) is 10.1 Å². The lowest BCUT2D eigenvalue weighted by Crippen LogP contribution is -2.34. The van der Waals surface area contributed by atoms with E-state index < -0.39 is 16.2 Å². The van der Waals surface area contributed by atoms with Gasteiger partial charge in [0.25, 0.3) is 0 Å². The maximum Gasteiger partial charge on any atom is 0.376 e. The van der Waals surface area contributed by atoms with Crippen molar-refractivity contribution < 1.29 is 10.0 Å². The molecule has 3 aromatic rings. The maximum absolute atomic E-state index is 12.5. The summed E-state index contributed by atoms with van der Waals surface area (Å²) in [6.45, 7) is 1.89. The number of hydrogen-bond donors (Lipinski definition) is 1. The number of nitro groups is 1. The van der Waals surface area contributed by atoms with Gasteiger partial charge in [-0.05, 0) is 43.2 Å². The summed E-state index contributed by atoms with van der Waals surface area (Å²) in [6, 6.07) is 11.6. The van der Waals surface area contributed by atoms with Crippen molar-refractivity contribution in [1.82, 2.24) is 9.38 Å². The highest BCUT2D eigenvalue weighted by Crippen LogP contribution is 2.24. The SMILES string of the molecule is C[C@@H](Cc1ccc(O)cc1)N(C)c1nc2ccccn2c(=O)c1[N+](=O)[O-]. The van der Waals surface area contributed by atoms with Gasteiger partial charge in [0.15, 0.2) is 0 Å². The van der Waals surface area contributed by atoms with Gasteiger partial charge in [-0.3, -0.25) is 19.3 Å². The molecule has 3 rings (SSSR count). The fraction of sp³-hybridized carbons (Fsp3) is 0.222. The van der Waals surface area contributed by atoms with Crippen LogP contribution >= 0.6 is 0 Å². The van der Waals surface area contributed by atoms with E-state index in [1.54, 1.807) is 54.4 Å². The number of nitrogens with zero attached hydrogens (tertiary/aromatic N) is 4. The second kappa shape index (κ2) is 6.83. The molecule has 0 bridgehead atoms. The van der Waals surface area contributed by atoms with Crippen LogP contribution in [0.3, 0.4) is 0 Å². The molecule has 0 amide bonds. The Balaban J connectivity index is 2.02. The van der Waals surface area contributed by atoms with Crippen LogP contribution in [0.2, 0.25) is 0 Å². The van der Waals surface area contributed by atoms with Crippen LogP contribution in [0.15, 0.2) is 53.5 Å². The Kier molecular flexibility index (Phi) is 4.57. The fourth-order valence-electron chi connectivity index (χ4n) is 2.79. The Bertz CT molecular complexity index is 1010. The van der Waals surface area contributed by atoms with Gasteiger partial charge in [-0.15, -0.1) is 0 Å². The van der Waals surface area contributed by atoms with E-state index in [2.05, 4.69) is 4.98 Å². The molecule has 1 atom stereocenters. The van der Waals surface area contributed by atoms with E-state index in [0.717, 1.165) is 5.56 Å². The van der Waals surface area contributed by atoms with E-state index in [9.17, 15) is 20.0 Å². The fourth-order valence-corrected chi connectivity index (χ4v) is 2.79. The molecule has 8 heteroatoms. The van der Waals surface area contributed by atoms with E-state index in [-0.39, 0.29) is 17.6 Å². The Morgan fingerprint density at radius 2 is 1.96 bits per heavy atom. The van der Waals surface area contributed by atoms with Gasteiger partial charge in [-0.25, -0.2) is 4.98 Å². The van der Waals surface area contributed by atoms with Gasteiger partial charge in [-0.2, -0.15) is 0 Å². The van der Waals surface area contributed by atoms with Crippen molar-refractivity contribution in [3.8, 4) is 5.75 Å². The summed E-state index contributed by atoms with van der Waals surface area (Å²) in [7, 11) is 1.68. The third kappa shape index (κ3) is 3.21. The summed E-state index contributed by atoms with van der Waals surface area (Å²) in [5.74, 6) is 0.215. The number of aromatic hydroxyl groups is 1. The Labute approximate surface area is 149 Å². The number of benzene rings is 1. The highest BCUT2D eigenvalue weighted by molar-refractivity contribution is 5.61. The number of phenols is 1. The van der Waals surface area contributed by atoms with Gasteiger partial charge >= 0.3 is 11.2 Å². The first kappa shape index (κ1) is 17.4. The lowest BCUT2D eigenvalue weighted by atomic mass is 10.1. The number of hydrogen-bond acceptors (Lipinski definition) is 6. The summed E-state index contributed by atoms with van der Waals surface area (Å²) >= 11 is 0. The molecule has 0 aliphatic carbocycles. The molecule has 0 fully saturated rings. The molecular weight excluding hydrogens is 336 g/mol. The molecule has 0 spiro atoms. The van der Waals surface area contributed by atoms with E-state index in [4.69, 9.17) is 0 Å². The third-order valence-corrected chi connectivity index (χ3v) is 4.34. The minimum atomic E-state index is -0.709. The van der Waals surface area contributed by atoms with E-state index in [1.807, 2.05) is 6.92 Å². The molecule has 8 nitrogen and oxygen atoms in total. The first-order valence-electron chi connectivity index (χ1n) is 8.05. The lowest BCUT2D eigenvalue weighted by molar-refractivity contribution is -0.385. The zero-order valence-corrected chi connectivity index (χ0v) is 14.4. The van der Waals surface area contributed by atoms with Gasteiger partial charge in [0.05, 0.1) is 4.92 Å². The number of phenolic OH excluding ortho intramolecular Hbond substituents is 1. The van der Waals surface area contributed by atoms with E-state index in [1.165, 1.54) is 10.6 Å². The van der Waals surface area contributed by atoms with E-state index >= 15 is 0 Å². The van der Waals surface area contributed by atoms with Crippen molar-refractivity contribution >= 4 is 17.2 Å².